The van der Waals surface area contributed by atoms with Gasteiger partial charge in [0, 0.05) is 17.2 Å². The number of nitrogens with two attached hydrogens (primary N) is 1. The number of carbonyl (C=O) groups is 4. The summed E-state index contributed by atoms with van der Waals surface area (Å²) in [6, 6.07) is 6.83. The van der Waals surface area contributed by atoms with Gasteiger partial charge in [-0.2, -0.15) is 5.90 Å². The first-order valence-electron chi connectivity index (χ1n) is 10.4. The zero-order chi connectivity index (χ0) is 23.6. The Balaban J connectivity index is 2.90. The molecule has 0 fully saturated rings. The highest BCUT2D eigenvalue weighted by atomic mass is 16.7. The molecule has 2 atom stereocenters. The molecule has 0 unspecified atom stereocenters. The zero-order valence-electron chi connectivity index (χ0n) is 18.8. The lowest BCUT2D eigenvalue weighted by molar-refractivity contribution is -0.138. The molecule has 2 amide bonds. The molecule has 8 nitrogen and oxygen atoms in total. The lowest BCUT2D eigenvalue weighted by atomic mass is 9.96. The van der Waals surface area contributed by atoms with Gasteiger partial charge in [-0.15, -0.1) is 0 Å². The summed E-state index contributed by atoms with van der Waals surface area (Å²) in [4.78, 5) is 53.9. The average Bonchev–Trinajstić information content (AvgIpc) is 2.73. The summed E-state index contributed by atoms with van der Waals surface area (Å²) in [6.45, 7) is 9.13. The van der Waals surface area contributed by atoms with E-state index >= 15 is 0 Å². The van der Waals surface area contributed by atoms with Gasteiger partial charge >= 0.3 is 5.97 Å². The summed E-state index contributed by atoms with van der Waals surface area (Å²) in [5.41, 5.74) is 0.663. The molecule has 0 aliphatic rings. The van der Waals surface area contributed by atoms with E-state index in [2.05, 4.69) is 15.5 Å². The minimum Gasteiger partial charge on any atom is -0.370 e. The summed E-state index contributed by atoms with van der Waals surface area (Å²) in [5.74, 6) is 2.89. The van der Waals surface area contributed by atoms with Crippen LogP contribution in [0.15, 0.2) is 42.0 Å². The second-order valence-corrected chi connectivity index (χ2v) is 8.19. The molecule has 4 N–H and O–H groups in total. The van der Waals surface area contributed by atoms with Gasteiger partial charge in [0.05, 0.1) is 6.04 Å². The first-order valence-corrected chi connectivity index (χ1v) is 10.4. The van der Waals surface area contributed by atoms with Crippen LogP contribution in [0.3, 0.4) is 0 Å². The first-order chi connectivity index (χ1) is 14.6. The Morgan fingerprint density at radius 3 is 2.13 bits per heavy atom. The third-order valence-corrected chi connectivity index (χ3v) is 4.74. The van der Waals surface area contributed by atoms with Crippen LogP contribution >= 0.6 is 0 Å². The smallest absolute Gasteiger partial charge is 0.349 e. The molecule has 170 valence electrons. The topological polar surface area (TPSA) is 128 Å². The van der Waals surface area contributed by atoms with Gasteiger partial charge in [0.15, 0.2) is 5.78 Å². The van der Waals surface area contributed by atoms with Crippen molar-refractivity contribution in [1.82, 2.24) is 10.6 Å². The molecule has 0 aromatic heterocycles. The number of ketones is 1. The number of carbonyl (C=O) groups excluding carboxylic acids is 4. The lowest BCUT2D eigenvalue weighted by Crippen LogP contribution is -2.53. The van der Waals surface area contributed by atoms with Crippen LogP contribution < -0.4 is 16.5 Å². The molecule has 0 saturated carbocycles. The number of Topliss-reactive ketones (excluding diaryl/α,β-unsaturated/α-hetero) is 1. The Kier molecular flexibility index (Phi) is 10.6. The van der Waals surface area contributed by atoms with Gasteiger partial charge in [0.1, 0.15) is 6.04 Å². The molecule has 1 aromatic carbocycles. The molecular formula is C23H33N3O5. The Morgan fingerprint density at radius 1 is 1.00 bits per heavy atom. The Bertz CT molecular complexity index is 803. The summed E-state index contributed by atoms with van der Waals surface area (Å²) in [6.07, 6.45) is 2.09. The third-order valence-electron chi connectivity index (χ3n) is 4.74. The molecular weight excluding hydrogens is 398 g/mol. The maximum atomic E-state index is 12.9. The van der Waals surface area contributed by atoms with Gasteiger partial charge < -0.3 is 15.5 Å². The number of rotatable bonds is 11. The van der Waals surface area contributed by atoms with Gasteiger partial charge in [0.25, 0.3) is 5.91 Å². The molecule has 1 rings (SSSR count). The van der Waals surface area contributed by atoms with E-state index in [0.29, 0.717) is 24.3 Å². The monoisotopic (exact) mass is 431 g/mol. The van der Waals surface area contributed by atoms with Crippen molar-refractivity contribution >= 4 is 23.6 Å². The third kappa shape index (κ3) is 8.72. The van der Waals surface area contributed by atoms with Crippen LogP contribution in [0.1, 0.15) is 57.8 Å². The van der Waals surface area contributed by atoms with E-state index in [-0.39, 0.29) is 17.4 Å². The maximum Gasteiger partial charge on any atom is 0.349 e. The summed E-state index contributed by atoms with van der Waals surface area (Å²) < 4.78 is 0. The van der Waals surface area contributed by atoms with E-state index in [4.69, 9.17) is 5.90 Å². The average molecular weight is 432 g/mol. The highest BCUT2D eigenvalue weighted by Crippen LogP contribution is 2.15. The summed E-state index contributed by atoms with van der Waals surface area (Å²) in [7, 11) is 0. The van der Waals surface area contributed by atoms with Gasteiger partial charge in [-0.25, -0.2) is 4.79 Å². The molecule has 0 aliphatic carbocycles. The largest absolute Gasteiger partial charge is 0.370 e. The standard InChI is InChI=1S/C23H33N3O5/c1-14(2)11-12-18(13-19(27)31-24)21(28)16(5)25-23(30)20(15(3)4)26-22(29)17-9-7-6-8-10-17/h6-10,13-16,20H,11-12,24H2,1-5H3,(H,25,30)(H,26,29)/t16-,20-/m0/s1. The summed E-state index contributed by atoms with van der Waals surface area (Å²) in [5, 5.41) is 5.37. The van der Waals surface area contributed by atoms with E-state index in [1.807, 2.05) is 13.8 Å². The van der Waals surface area contributed by atoms with Crippen LogP contribution in [0.2, 0.25) is 0 Å². The van der Waals surface area contributed by atoms with Crippen LogP contribution in [0.25, 0.3) is 0 Å². The Labute approximate surface area is 183 Å². The van der Waals surface area contributed by atoms with Crippen LogP contribution in [0.4, 0.5) is 0 Å². The molecule has 0 saturated heterocycles. The maximum absolute atomic E-state index is 12.9. The van der Waals surface area contributed by atoms with Gasteiger partial charge in [-0.05, 0) is 43.7 Å². The fraction of sp³-hybridized carbons (Fsp3) is 0.478. The number of benzene rings is 1. The van der Waals surface area contributed by atoms with Crippen molar-refractivity contribution in [2.75, 3.05) is 0 Å². The molecule has 1 aromatic rings. The van der Waals surface area contributed by atoms with Gasteiger partial charge in [-0.3, -0.25) is 14.4 Å². The Hall–Kier alpha value is -3.00. The van der Waals surface area contributed by atoms with E-state index in [9.17, 15) is 19.2 Å². The number of nitrogens with one attached hydrogen (secondary N) is 2. The van der Waals surface area contributed by atoms with Gasteiger partial charge in [-0.1, -0.05) is 45.9 Å². The number of amides is 2. The van der Waals surface area contributed by atoms with Crippen LogP contribution in [0.5, 0.6) is 0 Å². The minimum absolute atomic E-state index is 0.210. The van der Waals surface area contributed by atoms with E-state index in [1.54, 1.807) is 44.2 Å². The molecule has 31 heavy (non-hydrogen) atoms. The zero-order valence-corrected chi connectivity index (χ0v) is 18.8. The van der Waals surface area contributed by atoms with Crippen LogP contribution in [0, 0.1) is 11.8 Å². The van der Waals surface area contributed by atoms with E-state index < -0.39 is 29.7 Å². The highest BCUT2D eigenvalue weighted by molar-refractivity contribution is 6.05. The predicted octanol–water partition coefficient (Wildman–Crippen LogP) is 2.29. The molecule has 0 aliphatic heterocycles. The fourth-order valence-corrected chi connectivity index (χ4v) is 2.88. The van der Waals surface area contributed by atoms with Crippen LogP contribution in [-0.4, -0.2) is 35.7 Å². The van der Waals surface area contributed by atoms with Gasteiger partial charge in [0.2, 0.25) is 5.91 Å². The van der Waals surface area contributed by atoms with Crippen LogP contribution in [-0.2, 0) is 19.2 Å². The van der Waals surface area contributed by atoms with E-state index in [0.717, 1.165) is 6.08 Å². The van der Waals surface area contributed by atoms with Crippen molar-refractivity contribution in [3.63, 3.8) is 0 Å². The van der Waals surface area contributed by atoms with E-state index in [1.165, 1.54) is 6.92 Å². The first kappa shape index (κ1) is 26.0. The second kappa shape index (κ2) is 12.6. The second-order valence-electron chi connectivity index (χ2n) is 8.19. The lowest BCUT2D eigenvalue weighted by Gasteiger charge is -2.24. The quantitative estimate of drug-likeness (QED) is 0.364. The normalized spacial score (nSPS) is 13.5. The molecule has 0 bridgehead atoms. The minimum atomic E-state index is -0.897. The Morgan fingerprint density at radius 2 is 1.61 bits per heavy atom. The molecule has 0 radical (unpaired) electrons. The number of hydrogen-bond acceptors (Lipinski definition) is 6. The van der Waals surface area contributed by atoms with Crippen molar-refractivity contribution in [1.29, 1.82) is 0 Å². The molecule has 0 spiro atoms. The summed E-state index contributed by atoms with van der Waals surface area (Å²) >= 11 is 0. The van der Waals surface area contributed by atoms with Crippen molar-refractivity contribution in [2.45, 2.75) is 59.5 Å². The van der Waals surface area contributed by atoms with Crippen molar-refractivity contribution in [3.8, 4) is 0 Å². The molecule has 8 heteroatoms. The predicted molar refractivity (Wildman–Crippen MR) is 118 cm³/mol. The van der Waals surface area contributed by atoms with Crippen molar-refractivity contribution in [3.05, 3.63) is 47.5 Å². The van der Waals surface area contributed by atoms with Crippen molar-refractivity contribution in [2.24, 2.45) is 17.7 Å². The highest BCUT2D eigenvalue weighted by Gasteiger charge is 2.28. The fourth-order valence-electron chi connectivity index (χ4n) is 2.88. The molecule has 0 heterocycles. The number of hydrogen-bond donors (Lipinski definition) is 3. The van der Waals surface area contributed by atoms with Crippen molar-refractivity contribution < 1.29 is 24.0 Å². The SMILES string of the molecule is CC(C)CCC(=CC(=O)ON)C(=O)[C@H](C)NC(=O)[C@@H](NC(=O)c1ccccc1)C(C)C.